The predicted octanol–water partition coefficient (Wildman–Crippen LogP) is 2.37. The average molecular weight is 320 g/mol. The molecule has 1 aromatic heterocycles. The van der Waals surface area contributed by atoms with E-state index in [4.69, 9.17) is 11.6 Å². The maximum Gasteiger partial charge on any atom is 0.191 e. The molecule has 0 aliphatic carbocycles. The molecular weight excluding hydrogens is 298 g/mol. The number of guanidine groups is 1. The van der Waals surface area contributed by atoms with Gasteiger partial charge in [0.25, 0.3) is 0 Å². The zero-order valence-corrected chi connectivity index (χ0v) is 13.8. The van der Waals surface area contributed by atoms with Crippen LogP contribution in [-0.4, -0.2) is 29.3 Å². The summed E-state index contributed by atoms with van der Waals surface area (Å²) in [5, 5.41) is 11.5. The maximum absolute atomic E-state index is 6.14. The summed E-state index contributed by atoms with van der Waals surface area (Å²) in [5.41, 5.74) is 2.31. The van der Waals surface area contributed by atoms with Crippen molar-refractivity contribution in [3.63, 3.8) is 0 Å². The van der Waals surface area contributed by atoms with Crippen molar-refractivity contribution < 1.29 is 0 Å². The smallest absolute Gasteiger partial charge is 0.191 e. The third kappa shape index (κ3) is 5.07. The largest absolute Gasteiger partial charge is 0.356 e. The number of hydrogen-bond donors (Lipinski definition) is 2. The van der Waals surface area contributed by atoms with Gasteiger partial charge < -0.3 is 10.6 Å². The minimum Gasteiger partial charge on any atom is -0.356 e. The average Bonchev–Trinajstić information content (AvgIpc) is 2.93. The van der Waals surface area contributed by atoms with Crippen LogP contribution in [0.5, 0.6) is 0 Å². The quantitative estimate of drug-likeness (QED) is 0.488. The Morgan fingerprint density at radius 1 is 1.32 bits per heavy atom. The van der Waals surface area contributed by atoms with Crippen molar-refractivity contribution >= 4 is 17.6 Å². The lowest BCUT2D eigenvalue weighted by Crippen LogP contribution is -2.37. The van der Waals surface area contributed by atoms with E-state index >= 15 is 0 Å². The predicted molar refractivity (Wildman–Crippen MR) is 91.2 cm³/mol. The molecule has 0 amide bonds. The van der Waals surface area contributed by atoms with Crippen molar-refractivity contribution in [3.05, 3.63) is 52.8 Å². The number of aromatic nitrogens is 2. The molecule has 0 spiro atoms. The first-order chi connectivity index (χ1) is 10.7. The summed E-state index contributed by atoms with van der Waals surface area (Å²) in [6, 6.07) is 7.80. The highest BCUT2D eigenvalue weighted by atomic mass is 35.5. The Morgan fingerprint density at radius 2 is 2.14 bits per heavy atom. The summed E-state index contributed by atoms with van der Waals surface area (Å²) in [6.45, 7) is 1.51. The van der Waals surface area contributed by atoms with Crippen LogP contribution < -0.4 is 10.6 Å². The summed E-state index contributed by atoms with van der Waals surface area (Å²) in [4.78, 5) is 4.22. The van der Waals surface area contributed by atoms with Crippen molar-refractivity contribution in [2.45, 2.75) is 19.4 Å². The SMILES string of the molecule is CN=C(NCCCc1cnn(C)c1)NCc1ccccc1Cl. The minimum atomic E-state index is 0.655. The summed E-state index contributed by atoms with van der Waals surface area (Å²) >= 11 is 6.14. The highest BCUT2D eigenvalue weighted by Crippen LogP contribution is 2.14. The molecule has 6 heteroatoms. The third-order valence-electron chi connectivity index (χ3n) is 3.32. The normalized spacial score (nSPS) is 11.5. The highest BCUT2D eigenvalue weighted by molar-refractivity contribution is 6.31. The number of aliphatic imine (C=N–C) groups is 1. The Bertz CT molecular complexity index is 621. The fraction of sp³-hybridized carbons (Fsp3) is 0.375. The molecule has 0 saturated heterocycles. The van der Waals surface area contributed by atoms with Gasteiger partial charge in [0, 0.05) is 38.4 Å². The number of rotatable bonds is 6. The fourth-order valence-electron chi connectivity index (χ4n) is 2.14. The zero-order valence-electron chi connectivity index (χ0n) is 13.0. The van der Waals surface area contributed by atoms with Gasteiger partial charge in [-0.15, -0.1) is 0 Å². The van der Waals surface area contributed by atoms with E-state index in [9.17, 15) is 0 Å². The van der Waals surface area contributed by atoms with Gasteiger partial charge in [0.05, 0.1) is 6.20 Å². The monoisotopic (exact) mass is 319 g/mol. The van der Waals surface area contributed by atoms with Gasteiger partial charge in [0.1, 0.15) is 0 Å². The van der Waals surface area contributed by atoms with Gasteiger partial charge >= 0.3 is 0 Å². The summed E-state index contributed by atoms with van der Waals surface area (Å²) in [5.74, 6) is 0.783. The number of halogens is 1. The van der Waals surface area contributed by atoms with Crippen molar-refractivity contribution in [2.75, 3.05) is 13.6 Å². The van der Waals surface area contributed by atoms with E-state index in [1.165, 1.54) is 5.56 Å². The Morgan fingerprint density at radius 3 is 2.82 bits per heavy atom. The lowest BCUT2D eigenvalue weighted by atomic mass is 10.2. The molecule has 2 rings (SSSR count). The lowest BCUT2D eigenvalue weighted by Gasteiger charge is -2.12. The van der Waals surface area contributed by atoms with Gasteiger partial charge in [-0.2, -0.15) is 5.10 Å². The molecule has 2 N–H and O–H groups in total. The molecule has 22 heavy (non-hydrogen) atoms. The minimum absolute atomic E-state index is 0.655. The molecule has 118 valence electrons. The molecule has 1 aromatic carbocycles. The van der Waals surface area contributed by atoms with Crippen LogP contribution in [0, 0.1) is 0 Å². The molecule has 0 fully saturated rings. The van der Waals surface area contributed by atoms with Crippen LogP contribution in [-0.2, 0) is 20.0 Å². The molecule has 0 unspecified atom stereocenters. The van der Waals surface area contributed by atoms with Crippen LogP contribution >= 0.6 is 11.6 Å². The third-order valence-corrected chi connectivity index (χ3v) is 3.69. The van der Waals surface area contributed by atoms with Gasteiger partial charge in [0.15, 0.2) is 5.96 Å². The first kappa shape index (κ1) is 16.4. The topological polar surface area (TPSA) is 54.2 Å². The molecule has 0 aliphatic rings. The van der Waals surface area contributed by atoms with Crippen LogP contribution in [0.25, 0.3) is 0 Å². The molecule has 5 nitrogen and oxygen atoms in total. The van der Waals surface area contributed by atoms with E-state index in [0.29, 0.717) is 6.54 Å². The molecule has 0 saturated carbocycles. The number of nitrogens with one attached hydrogen (secondary N) is 2. The van der Waals surface area contributed by atoms with Gasteiger partial charge in [-0.1, -0.05) is 29.8 Å². The number of hydrogen-bond acceptors (Lipinski definition) is 2. The van der Waals surface area contributed by atoms with E-state index in [-0.39, 0.29) is 0 Å². The summed E-state index contributed by atoms with van der Waals surface area (Å²) < 4.78 is 1.83. The van der Waals surface area contributed by atoms with Gasteiger partial charge in [-0.3, -0.25) is 9.67 Å². The maximum atomic E-state index is 6.14. The van der Waals surface area contributed by atoms with Crippen LogP contribution in [0.15, 0.2) is 41.7 Å². The second kappa shape index (κ2) is 8.44. The molecule has 1 heterocycles. The number of nitrogens with zero attached hydrogens (tertiary/aromatic N) is 3. The summed E-state index contributed by atoms with van der Waals surface area (Å²) in [7, 11) is 3.70. The Kier molecular flexibility index (Phi) is 6.27. The van der Waals surface area contributed by atoms with E-state index in [0.717, 1.165) is 35.9 Å². The lowest BCUT2D eigenvalue weighted by molar-refractivity contribution is 0.739. The number of benzene rings is 1. The first-order valence-electron chi connectivity index (χ1n) is 7.34. The van der Waals surface area contributed by atoms with Crippen LogP contribution in [0.1, 0.15) is 17.5 Å². The number of aryl methyl sites for hydroxylation is 2. The van der Waals surface area contributed by atoms with Crippen LogP contribution in [0.4, 0.5) is 0 Å². The van der Waals surface area contributed by atoms with Crippen molar-refractivity contribution in [3.8, 4) is 0 Å². The van der Waals surface area contributed by atoms with Crippen molar-refractivity contribution in [1.82, 2.24) is 20.4 Å². The van der Waals surface area contributed by atoms with E-state index in [2.05, 4.69) is 20.7 Å². The fourth-order valence-corrected chi connectivity index (χ4v) is 2.34. The van der Waals surface area contributed by atoms with Crippen LogP contribution in [0.2, 0.25) is 5.02 Å². The standard InChI is InChI=1S/C16H22ClN5/c1-18-16(20-11-14-7-3-4-8-15(14)17)19-9-5-6-13-10-21-22(2)12-13/h3-4,7-8,10,12H,5-6,9,11H2,1-2H3,(H2,18,19,20). The molecule has 0 bridgehead atoms. The molecule has 0 aliphatic heterocycles. The van der Waals surface area contributed by atoms with Crippen molar-refractivity contribution in [1.29, 1.82) is 0 Å². The van der Waals surface area contributed by atoms with E-state index in [1.54, 1.807) is 7.05 Å². The second-order valence-corrected chi connectivity index (χ2v) is 5.48. The van der Waals surface area contributed by atoms with Gasteiger partial charge in [-0.25, -0.2) is 0 Å². The van der Waals surface area contributed by atoms with E-state index in [1.807, 2.05) is 48.4 Å². The van der Waals surface area contributed by atoms with Crippen LogP contribution in [0.3, 0.4) is 0 Å². The Hall–Kier alpha value is -2.01. The van der Waals surface area contributed by atoms with Gasteiger partial charge in [-0.05, 0) is 30.0 Å². The van der Waals surface area contributed by atoms with E-state index < -0.39 is 0 Å². The summed E-state index contributed by atoms with van der Waals surface area (Å²) in [6.07, 6.45) is 5.98. The molecule has 0 atom stereocenters. The first-order valence-corrected chi connectivity index (χ1v) is 7.72. The highest BCUT2D eigenvalue weighted by Gasteiger charge is 2.02. The Labute approximate surface area is 136 Å². The zero-order chi connectivity index (χ0) is 15.8. The molecular formula is C16H22ClN5. The Balaban J connectivity index is 1.70. The van der Waals surface area contributed by atoms with Gasteiger partial charge in [0.2, 0.25) is 0 Å². The molecule has 0 radical (unpaired) electrons. The van der Waals surface area contributed by atoms with Crippen molar-refractivity contribution in [2.24, 2.45) is 12.0 Å². The molecule has 2 aromatic rings. The second-order valence-electron chi connectivity index (χ2n) is 5.07.